The van der Waals surface area contributed by atoms with Gasteiger partial charge in [-0.05, 0) is 23.8 Å². The molecule has 3 heterocycles. The number of hydrogen-bond acceptors (Lipinski definition) is 6. The molecule has 0 N–H and O–H groups in total. The maximum atomic E-state index is 11.8. The van der Waals surface area contributed by atoms with Crippen molar-refractivity contribution >= 4 is 27.1 Å². The predicted molar refractivity (Wildman–Crippen MR) is 101 cm³/mol. The van der Waals surface area contributed by atoms with Gasteiger partial charge in [-0.3, -0.25) is 9.97 Å². The van der Waals surface area contributed by atoms with Gasteiger partial charge in [0, 0.05) is 48.1 Å². The molecule has 0 spiro atoms. The van der Waals surface area contributed by atoms with E-state index in [0.717, 1.165) is 11.8 Å². The molecule has 3 aromatic heterocycles. The van der Waals surface area contributed by atoms with Crippen molar-refractivity contribution in [2.24, 2.45) is 0 Å². The number of pyridine rings is 1. The van der Waals surface area contributed by atoms with Gasteiger partial charge in [-0.2, -0.15) is 5.10 Å². The van der Waals surface area contributed by atoms with E-state index < -0.39 is 9.84 Å². The summed E-state index contributed by atoms with van der Waals surface area (Å²) in [5.74, 6) is 0.624. The van der Waals surface area contributed by atoms with Crippen molar-refractivity contribution in [3.05, 3.63) is 71.5 Å². The summed E-state index contributed by atoms with van der Waals surface area (Å²) in [5.41, 5.74) is 2.65. The van der Waals surface area contributed by atoms with Crippen molar-refractivity contribution in [2.45, 2.75) is 11.3 Å². The molecule has 9 heteroatoms. The summed E-state index contributed by atoms with van der Waals surface area (Å²) in [6, 6.07) is 9.03. The van der Waals surface area contributed by atoms with Gasteiger partial charge in [0.2, 0.25) is 0 Å². The van der Waals surface area contributed by atoms with Crippen LogP contribution in [0.3, 0.4) is 0 Å². The highest BCUT2D eigenvalue weighted by molar-refractivity contribution is 7.90. The first-order valence-electron chi connectivity index (χ1n) is 8.00. The molecule has 0 bridgehead atoms. The fraction of sp³-hybridized carbons (Fsp3) is 0.111. The zero-order chi connectivity index (χ0) is 19.0. The minimum absolute atomic E-state index is 0.129. The number of fused-ring (bicyclic) bond motifs is 1. The van der Waals surface area contributed by atoms with Crippen molar-refractivity contribution in [1.29, 1.82) is 0 Å². The van der Waals surface area contributed by atoms with Crippen molar-refractivity contribution in [1.82, 2.24) is 24.6 Å². The summed E-state index contributed by atoms with van der Waals surface area (Å²) in [5, 5.41) is 5.15. The van der Waals surface area contributed by atoms with E-state index in [1.165, 1.54) is 12.3 Å². The zero-order valence-electron chi connectivity index (χ0n) is 14.2. The van der Waals surface area contributed by atoms with Gasteiger partial charge in [-0.15, -0.1) is 0 Å². The molecule has 0 amide bonds. The molecular weight excluding hydrogens is 386 g/mol. The Hall–Kier alpha value is -2.84. The topological polar surface area (TPSA) is 90.1 Å². The summed E-state index contributed by atoms with van der Waals surface area (Å²) in [6.07, 6.45) is 7.85. The minimum atomic E-state index is -3.37. The van der Waals surface area contributed by atoms with E-state index in [0.29, 0.717) is 34.2 Å². The van der Waals surface area contributed by atoms with Crippen LogP contribution in [0.4, 0.5) is 0 Å². The third kappa shape index (κ3) is 3.67. The number of sulfone groups is 1. The van der Waals surface area contributed by atoms with Crippen LogP contribution in [-0.2, 0) is 16.3 Å². The SMILES string of the molecule is CS(=O)(=O)c1cncc(-c2nccn3nc(Cc4ccc(Cl)cc4)nc23)c1. The number of rotatable bonds is 4. The van der Waals surface area contributed by atoms with Gasteiger partial charge >= 0.3 is 0 Å². The van der Waals surface area contributed by atoms with Gasteiger partial charge < -0.3 is 0 Å². The Bertz CT molecular complexity index is 1240. The van der Waals surface area contributed by atoms with Crippen LogP contribution in [0.15, 0.2) is 60.0 Å². The number of hydrogen-bond donors (Lipinski definition) is 0. The van der Waals surface area contributed by atoms with Gasteiger partial charge in [0.25, 0.3) is 0 Å². The second kappa shape index (κ2) is 6.71. The van der Waals surface area contributed by atoms with Crippen LogP contribution in [0, 0.1) is 0 Å². The second-order valence-corrected chi connectivity index (χ2v) is 8.51. The standard InChI is InChI=1S/C18H14ClN5O2S/c1-27(25,26)15-9-13(10-20-11-15)17-18-22-16(23-24(18)7-6-21-17)8-12-2-4-14(19)5-3-12/h2-7,9-11H,8H2,1H3. The molecule has 7 nitrogen and oxygen atoms in total. The summed E-state index contributed by atoms with van der Waals surface area (Å²) in [6.45, 7) is 0. The highest BCUT2D eigenvalue weighted by atomic mass is 35.5. The summed E-state index contributed by atoms with van der Waals surface area (Å²) in [7, 11) is -3.37. The average molecular weight is 400 g/mol. The third-order valence-corrected chi connectivity index (χ3v) is 5.32. The van der Waals surface area contributed by atoms with Gasteiger partial charge in [0.05, 0.1) is 4.90 Å². The van der Waals surface area contributed by atoms with Crippen LogP contribution in [-0.4, -0.2) is 39.2 Å². The summed E-state index contributed by atoms with van der Waals surface area (Å²) < 4.78 is 25.2. The second-order valence-electron chi connectivity index (χ2n) is 6.06. The van der Waals surface area contributed by atoms with E-state index in [1.54, 1.807) is 23.1 Å². The monoisotopic (exact) mass is 399 g/mol. The Labute approximate surface area is 160 Å². The number of halogens is 1. The maximum Gasteiger partial charge on any atom is 0.182 e. The van der Waals surface area contributed by atoms with E-state index in [-0.39, 0.29) is 4.90 Å². The van der Waals surface area contributed by atoms with Crippen molar-refractivity contribution in [2.75, 3.05) is 6.26 Å². The molecule has 0 radical (unpaired) electrons. The van der Waals surface area contributed by atoms with Crippen LogP contribution < -0.4 is 0 Å². The van der Waals surface area contributed by atoms with Crippen LogP contribution in [0.2, 0.25) is 5.02 Å². The van der Waals surface area contributed by atoms with Crippen molar-refractivity contribution < 1.29 is 8.42 Å². The fourth-order valence-corrected chi connectivity index (χ4v) is 3.40. The smallest absolute Gasteiger partial charge is 0.182 e. The van der Waals surface area contributed by atoms with E-state index in [4.69, 9.17) is 11.6 Å². The largest absolute Gasteiger partial charge is 0.263 e. The van der Waals surface area contributed by atoms with Gasteiger partial charge in [-0.25, -0.2) is 17.9 Å². The molecule has 0 saturated carbocycles. The molecule has 0 aliphatic heterocycles. The zero-order valence-corrected chi connectivity index (χ0v) is 15.8. The molecular formula is C18H14ClN5O2S. The molecule has 4 rings (SSSR count). The maximum absolute atomic E-state index is 11.8. The lowest BCUT2D eigenvalue weighted by Gasteiger charge is -2.03. The van der Waals surface area contributed by atoms with Gasteiger partial charge in [-0.1, -0.05) is 23.7 Å². The van der Waals surface area contributed by atoms with E-state index >= 15 is 0 Å². The van der Waals surface area contributed by atoms with Gasteiger partial charge in [0.15, 0.2) is 21.3 Å². The molecule has 0 unspecified atom stereocenters. The Kier molecular flexibility index (Phi) is 4.37. The van der Waals surface area contributed by atoms with Crippen LogP contribution >= 0.6 is 11.6 Å². The van der Waals surface area contributed by atoms with Crippen molar-refractivity contribution in [3.8, 4) is 11.3 Å². The number of nitrogens with zero attached hydrogens (tertiary/aromatic N) is 5. The molecule has 0 saturated heterocycles. The number of aromatic nitrogens is 5. The molecule has 4 aromatic rings. The first-order valence-corrected chi connectivity index (χ1v) is 10.3. The molecule has 136 valence electrons. The van der Waals surface area contributed by atoms with E-state index in [9.17, 15) is 8.42 Å². The lowest BCUT2D eigenvalue weighted by Crippen LogP contribution is -1.99. The normalized spacial score (nSPS) is 11.8. The predicted octanol–water partition coefficient (Wildman–Crippen LogP) is 2.83. The Morgan fingerprint density at radius 3 is 2.67 bits per heavy atom. The lowest BCUT2D eigenvalue weighted by molar-refractivity contribution is 0.601. The molecule has 1 aromatic carbocycles. The molecule has 0 aliphatic carbocycles. The average Bonchev–Trinajstić information content (AvgIpc) is 3.05. The highest BCUT2D eigenvalue weighted by Gasteiger charge is 2.15. The van der Waals surface area contributed by atoms with Crippen molar-refractivity contribution in [3.63, 3.8) is 0 Å². The molecule has 0 fully saturated rings. The molecule has 0 atom stereocenters. The minimum Gasteiger partial charge on any atom is -0.263 e. The summed E-state index contributed by atoms with van der Waals surface area (Å²) in [4.78, 5) is 13.1. The quantitative estimate of drug-likeness (QED) is 0.524. The first kappa shape index (κ1) is 17.6. The Balaban J connectivity index is 1.77. The molecule has 27 heavy (non-hydrogen) atoms. The third-order valence-electron chi connectivity index (χ3n) is 3.99. The lowest BCUT2D eigenvalue weighted by atomic mass is 10.1. The van der Waals surface area contributed by atoms with Crippen LogP contribution in [0.5, 0.6) is 0 Å². The van der Waals surface area contributed by atoms with Crippen LogP contribution in [0.1, 0.15) is 11.4 Å². The first-order chi connectivity index (χ1) is 12.9. The summed E-state index contributed by atoms with van der Waals surface area (Å²) >= 11 is 5.92. The van der Waals surface area contributed by atoms with E-state index in [2.05, 4.69) is 20.1 Å². The fourth-order valence-electron chi connectivity index (χ4n) is 2.68. The van der Waals surface area contributed by atoms with Gasteiger partial charge in [0.1, 0.15) is 5.69 Å². The molecule has 0 aliphatic rings. The van der Waals surface area contributed by atoms with E-state index in [1.807, 2.05) is 24.3 Å². The number of benzene rings is 1. The Morgan fingerprint density at radius 2 is 1.93 bits per heavy atom. The Morgan fingerprint density at radius 1 is 1.15 bits per heavy atom. The van der Waals surface area contributed by atoms with Crippen LogP contribution in [0.25, 0.3) is 16.9 Å². The highest BCUT2D eigenvalue weighted by Crippen LogP contribution is 2.23.